The van der Waals surface area contributed by atoms with Crippen LogP contribution in [0.1, 0.15) is 11.3 Å². The van der Waals surface area contributed by atoms with Crippen LogP contribution in [0.4, 0.5) is 0 Å². The van der Waals surface area contributed by atoms with Gasteiger partial charge in [-0.15, -0.1) is 0 Å². The molecule has 0 spiro atoms. The number of hydrazone groups is 1. The van der Waals surface area contributed by atoms with Crippen molar-refractivity contribution >= 4 is 43.4 Å². The molecule has 1 heterocycles. The second kappa shape index (κ2) is 8.35. The van der Waals surface area contributed by atoms with E-state index in [9.17, 15) is 35.5 Å². The summed E-state index contributed by atoms with van der Waals surface area (Å²) in [6.45, 7) is 0. The minimum Gasteiger partial charge on any atom is -0.744 e. The average molecular weight is 464 g/mol. The van der Waals surface area contributed by atoms with Gasteiger partial charge in [-0.1, -0.05) is 18.2 Å². The lowest BCUT2D eigenvalue weighted by Crippen LogP contribution is -2.25. The molecule has 0 aliphatic heterocycles. The number of aromatic amines is 1. The smallest absolute Gasteiger partial charge is 0.270 e. The first-order valence-electron chi connectivity index (χ1n) is 8.31. The van der Waals surface area contributed by atoms with Gasteiger partial charge < -0.3 is 14.1 Å². The minimum absolute atomic E-state index is 0.0840. The van der Waals surface area contributed by atoms with Crippen LogP contribution in [-0.2, 0) is 31.5 Å². The molecule has 0 saturated carbocycles. The maximum Gasteiger partial charge on any atom is 0.270 e. The van der Waals surface area contributed by atoms with Crippen molar-refractivity contribution in [3.63, 3.8) is 0 Å². The summed E-state index contributed by atoms with van der Waals surface area (Å²) in [5.74, 6) is -0.769. The summed E-state index contributed by atoms with van der Waals surface area (Å²) in [4.78, 5) is 28.8. The van der Waals surface area contributed by atoms with Gasteiger partial charge in [0.15, 0.2) is 0 Å². The fourth-order valence-corrected chi connectivity index (χ4v) is 3.80. The maximum atomic E-state index is 12.0. The van der Waals surface area contributed by atoms with E-state index in [1.165, 1.54) is 0 Å². The Labute approximate surface area is 175 Å². The molecule has 2 aromatic carbocycles. The Balaban J connectivity index is 1.80. The molecule has 0 aliphatic rings. The van der Waals surface area contributed by atoms with Crippen molar-refractivity contribution in [2.24, 2.45) is 5.10 Å². The number of fused-ring (bicyclic) bond motifs is 1. The molecule has 1 aromatic heterocycles. The number of H-pyrrole nitrogens is 1. The van der Waals surface area contributed by atoms with E-state index in [2.05, 4.69) is 15.1 Å². The summed E-state index contributed by atoms with van der Waals surface area (Å²) in [6.07, 6.45) is 0.333. The number of hydrogen-bond acceptors (Lipinski definition) is 10. The number of carbonyl (C=O) groups is 1. The normalized spacial score (nSPS) is 12.3. The Morgan fingerprint density at radius 1 is 1.10 bits per heavy atom. The van der Waals surface area contributed by atoms with E-state index < -0.39 is 47.9 Å². The van der Waals surface area contributed by atoms with E-state index in [1.54, 1.807) is 24.3 Å². The highest BCUT2D eigenvalue weighted by Crippen LogP contribution is 2.19. The van der Waals surface area contributed by atoms with Gasteiger partial charge in [-0.3, -0.25) is 9.59 Å². The number of hydrogen-bond donors (Lipinski definition) is 2. The number of rotatable bonds is 6. The molecular weight excluding hydrogens is 452 g/mol. The number of amides is 1. The van der Waals surface area contributed by atoms with Gasteiger partial charge in [0.25, 0.3) is 5.56 Å². The second-order valence-corrected chi connectivity index (χ2v) is 8.84. The molecule has 0 radical (unpaired) electrons. The van der Waals surface area contributed by atoms with Gasteiger partial charge in [-0.2, -0.15) is 5.10 Å². The summed E-state index contributed by atoms with van der Waals surface area (Å²) in [5.41, 5.74) is 1.98. The first kappa shape index (κ1) is 22.2. The van der Waals surface area contributed by atoms with Crippen LogP contribution in [0.5, 0.6) is 0 Å². The van der Waals surface area contributed by atoms with E-state index in [-0.39, 0.29) is 11.3 Å². The summed E-state index contributed by atoms with van der Waals surface area (Å²) in [6, 6.07) is 8.76. The summed E-state index contributed by atoms with van der Waals surface area (Å²) in [7, 11) is -10.2. The molecule has 12 nitrogen and oxygen atoms in total. The van der Waals surface area contributed by atoms with Gasteiger partial charge >= 0.3 is 0 Å². The van der Waals surface area contributed by atoms with Crippen molar-refractivity contribution in [1.82, 2.24) is 15.4 Å². The molecule has 0 fully saturated rings. The zero-order chi connectivity index (χ0) is 22.8. The molecule has 14 heteroatoms. The summed E-state index contributed by atoms with van der Waals surface area (Å²) < 4.78 is 67.2. The van der Waals surface area contributed by atoms with Crippen molar-refractivity contribution < 1.29 is 30.7 Å². The Morgan fingerprint density at radius 3 is 2.48 bits per heavy atom. The van der Waals surface area contributed by atoms with Crippen LogP contribution in [0.25, 0.3) is 11.0 Å². The van der Waals surface area contributed by atoms with Gasteiger partial charge in [0.2, 0.25) is 5.91 Å². The van der Waals surface area contributed by atoms with Crippen LogP contribution < -0.4 is 11.0 Å². The van der Waals surface area contributed by atoms with Gasteiger partial charge in [0.1, 0.15) is 25.9 Å². The van der Waals surface area contributed by atoms with E-state index in [0.717, 1.165) is 18.3 Å². The van der Waals surface area contributed by atoms with Gasteiger partial charge in [-0.05, 0) is 24.3 Å². The molecule has 31 heavy (non-hydrogen) atoms. The number of para-hydroxylation sites is 2. The zero-order valence-electron chi connectivity index (χ0n) is 15.3. The predicted molar refractivity (Wildman–Crippen MR) is 104 cm³/mol. The zero-order valence-corrected chi connectivity index (χ0v) is 16.9. The lowest BCUT2D eigenvalue weighted by Gasteiger charge is -2.14. The molecule has 0 bridgehead atoms. The molecule has 3 rings (SSSR count). The number of carbonyl (C=O) groups excluding carboxylic acids is 1. The first-order valence-corrected chi connectivity index (χ1v) is 11.1. The number of nitrogens with one attached hydrogen (secondary N) is 2. The Kier molecular flexibility index (Phi) is 5.99. The standard InChI is InChI=1S/C17H14N4O8S2/c22-16(8-14-17(23)20-13-4-2-1-3-12(13)19-14)21-18-9-10-5-6-11(30(24,25)26)7-15(10)31(27,28)29/h1-7,9H,8H2,(H,20,23)(H,21,22)(H,24,25,26)(H,27,28,29)/p-2. The average Bonchev–Trinajstić information content (AvgIpc) is 2.67. The fourth-order valence-electron chi connectivity index (χ4n) is 2.55. The summed E-state index contributed by atoms with van der Waals surface area (Å²) in [5, 5.41) is 3.50. The minimum atomic E-state index is -5.15. The fraction of sp³-hybridized carbons (Fsp3) is 0.0588. The third-order valence-corrected chi connectivity index (χ3v) is 5.66. The summed E-state index contributed by atoms with van der Waals surface area (Å²) >= 11 is 0. The molecule has 0 aliphatic carbocycles. The quantitative estimate of drug-likeness (QED) is 0.272. The molecular formula is C17H12N4O8S2-2. The number of aromatic nitrogens is 2. The van der Waals surface area contributed by atoms with Crippen LogP contribution >= 0.6 is 0 Å². The Bertz CT molecular complexity index is 1480. The third-order valence-electron chi connectivity index (χ3n) is 3.93. The second-order valence-electron chi connectivity index (χ2n) is 6.11. The van der Waals surface area contributed by atoms with Crippen molar-refractivity contribution in [2.45, 2.75) is 16.2 Å². The van der Waals surface area contributed by atoms with Crippen molar-refractivity contribution in [3.8, 4) is 0 Å². The van der Waals surface area contributed by atoms with Crippen LogP contribution in [0, 0.1) is 0 Å². The molecule has 0 unspecified atom stereocenters. The largest absolute Gasteiger partial charge is 0.744 e. The first-order chi connectivity index (χ1) is 14.4. The van der Waals surface area contributed by atoms with Crippen molar-refractivity contribution in [1.29, 1.82) is 0 Å². The van der Waals surface area contributed by atoms with Crippen molar-refractivity contribution in [2.75, 3.05) is 0 Å². The van der Waals surface area contributed by atoms with Crippen molar-refractivity contribution in [3.05, 3.63) is 64.1 Å². The molecule has 162 valence electrons. The van der Waals surface area contributed by atoms with Crippen LogP contribution in [-0.4, -0.2) is 48.0 Å². The van der Waals surface area contributed by atoms with Gasteiger partial charge in [0.05, 0.1) is 33.5 Å². The lowest BCUT2D eigenvalue weighted by molar-refractivity contribution is -0.120. The lowest BCUT2D eigenvalue weighted by atomic mass is 10.2. The third kappa shape index (κ3) is 5.37. The Hall–Kier alpha value is -3.46. The highest BCUT2D eigenvalue weighted by molar-refractivity contribution is 7.86. The highest BCUT2D eigenvalue weighted by Gasteiger charge is 2.13. The van der Waals surface area contributed by atoms with E-state index in [0.29, 0.717) is 17.1 Å². The topological polar surface area (TPSA) is 202 Å². The van der Waals surface area contributed by atoms with E-state index in [4.69, 9.17) is 0 Å². The molecule has 0 saturated heterocycles. The molecule has 2 N–H and O–H groups in total. The van der Waals surface area contributed by atoms with E-state index >= 15 is 0 Å². The molecule has 1 amide bonds. The predicted octanol–water partition coefficient (Wildman–Crippen LogP) is -0.576. The van der Waals surface area contributed by atoms with E-state index in [1.807, 2.05) is 5.43 Å². The number of benzene rings is 2. The molecule has 0 atom stereocenters. The monoisotopic (exact) mass is 464 g/mol. The van der Waals surface area contributed by atoms with Crippen LogP contribution in [0.3, 0.4) is 0 Å². The highest BCUT2D eigenvalue weighted by atomic mass is 32.2. The maximum absolute atomic E-state index is 12.0. The Morgan fingerprint density at radius 2 is 1.81 bits per heavy atom. The van der Waals surface area contributed by atoms with Gasteiger partial charge in [-0.25, -0.2) is 27.2 Å². The van der Waals surface area contributed by atoms with Crippen LogP contribution in [0.15, 0.2) is 62.2 Å². The SMILES string of the molecule is O=C(Cc1nc2ccccc2[nH]c1=O)NN=Cc1ccc(S(=O)(=O)[O-])cc1S(=O)(=O)[O-]. The molecule has 3 aromatic rings. The number of nitrogens with zero attached hydrogens (tertiary/aromatic N) is 2. The van der Waals surface area contributed by atoms with Gasteiger partial charge in [0, 0.05) is 5.56 Å². The van der Waals surface area contributed by atoms with Crippen LogP contribution in [0.2, 0.25) is 0 Å².